The fraction of sp³-hybridized carbons (Fsp3) is 0.464. The normalized spacial score (nSPS) is 16.5. The molecule has 0 radical (unpaired) electrons. The van der Waals surface area contributed by atoms with Crippen molar-refractivity contribution in [3.63, 3.8) is 0 Å². The Labute approximate surface area is 206 Å². The summed E-state index contributed by atoms with van der Waals surface area (Å²) in [7, 11) is 0. The number of hydrogen-bond donors (Lipinski definition) is 2. The van der Waals surface area contributed by atoms with Gasteiger partial charge in [0.15, 0.2) is 0 Å². The van der Waals surface area contributed by atoms with E-state index in [1.54, 1.807) is 6.92 Å². The Kier molecular flexibility index (Phi) is 7.73. The number of aliphatic carboxylic acids is 1. The number of ether oxygens (including phenoxy) is 1. The van der Waals surface area contributed by atoms with Gasteiger partial charge in [0.25, 0.3) is 0 Å². The number of likely N-dealkylation sites (N-methyl/N-ethyl adjacent to an activating group) is 1. The van der Waals surface area contributed by atoms with Crippen molar-refractivity contribution in [2.75, 3.05) is 26.2 Å². The van der Waals surface area contributed by atoms with Gasteiger partial charge in [0.05, 0.1) is 5.41 Å². The van der Waals surface area contributed by atoms with Gasteiger partial charge in [-0.25, -0.2) is 4.79 Å². The van der Waals surface area contributed by atoms with E-state index in [1.165, 1.54) is 16.0 Å². The molecule has 2 amide bonds. The van der Waals surface area contributed by atoms with Crippen LogP contribution in [0.25, 0.3) is 11.1 Å². The van der Waals surface area contributed by atoms with Gasteiger partial charge >= 0.3 is 12.1 Å². The zero-order chi connectivity index (χ0) is 24.8. The van der Waals surface area contributed by atoms with Crippen molar-refractivity contribution < 1.29 is 24.2 Å². The van der Waals surface area contributed by atoms with Gasteiger partial charge in [0.2, 0.25) is 5.91 Å². The zero-order valence-electron chi connectivity index (χ0n) is 20.3. The molecular formula is C28H34N2O5. The first kappa shape index (κ1) is 24.8. The van der Waals surface area contributed by atoms with E-state index in [1.807, 2.05) is 24.3 Å². The average molecular weight is 479 g/mol. The highest BCUT2D eigenvalue weighted by atomic mass is 16.5. The molecule has 4 rings (SSSR count). The molecule has 7 nitrogen and oxygen atoms in total. The lowest BCUT2D eigenvalue weighted by atomic mass is 9.78. The van der Waals surface area contributed by atoms with E-state index in [0.717, 1.165) is 36.8 Å². The molecule has 2 aromatic rings. The lowest BCUT2D eigenvalue weighted by molar-refractivity contribution is -0.150. The number of carboxylic acids is 1. The molecular weight excluding hydrogens is 444 g/mol. The fourth-order valence-electron chi connectivity index (χ4n) is 5.59. The molecule has 1 saturated carbocycles. The number of fused-ring (bicyclic) bond motifs is 3. The standard InChI is InChI=1S/C28H34N2O5/c1-2-30(17-25(31)32)26(33)28(15-9-3-4-10-16-28)19-29-27(34)35-18-24-22-13-7-5-11-20(22)21-12-6-8-14-23(21)24/h5-8,11-14,24H,2-4,9-10,15-19H2,1H3,(H,29,34)(H,31,32). The maximum Gasteiger partial charge on any atom is 0.407 e. The van der Waals surface area contributed by atoms with Crippen LogP contribution >= 0.6 is 0 Å². The number of nitrogens with one attached hydrogen (secondary N) is 1. The first-order valence-electron chi connectivity index (χ1n) is 12.6. The topological polar surface area (TPSA) is 95.9 Å². The third kappa shape index (κ3) is 5.34. The fourth-order valence-corrected chi connectivity index (χ4v) is 5.59. The molecule has 186 valence electrons. The van der Waals surface area contributed by atoms with Crippen LogP contribution in [-0.4, -0.2) is 54.2 Å². The third-order valence-electron chi connectivity index (χ3n) is 7.42. The Balaban J connectivity index is 1.43. The van der Waals surface area contributed by atoms with Crippen molar-refractivity contribution >= 4 is 18.0 Å². The summed E-state index contributed by atoms with van der Waals surface area (Å²) in [6.07, 6.45) is 4.53. The van der Waals surface area contributed by atoms with Crippen molar-refractivity contribution in [3.05, 3.63) is 59.7 Å². The Morgan fingerprint density at radius 3 is 2.09 bits per heavy atom. The van der Waals surface area contributed by atoms with Crippen LogP contribution in [0.2, 0.25) is 0 Å². The summed E-state index contributed by atoms with van der Waals surface area (Å²) in [5, 5.41) is 12.1. The number of benzene rings is 2. The summed E-state index contributed by atoms with van der Waals surface area (Å²) >= 11 is 0. The molecule has 0 bridgehead atoms. The molecule has 0 aliphatic heterocycles. The number of hydrogen-bond acceptors (Lipinski definition) is 4. The Hall–Kier alpha value is -3.35. The predicted octanol–water partition coefficient (Wildman–Crippen LogP) is 4.80. The van der Waals surface area contributed by atoms with E-state index in [0.29, 0.717) is 19.4 Å². The molecule has 0 atom stereocenters. The minimum atomic E-state index is -1.03. The Morgan fingerprint density at radius 2 is 1.54 bits per heavy atom. The number of carbonyl (C=O) groups excluding carboxylic acids is 2. The highest BCUT2D eigenvalue weighted by molar-refractivity contribution is 5.87. The highest BCUT2D eigenvalue weighted by Crippen LogP contribution is 2.44. The smallest absolute Gasteiger partial charge is 0.407 e. The maximum absolute atomic E-state index is 13.5. The number of carbonyl (C=O) groups is 3. The van der Waals surface area contributed by atoms with E-state index in [2.05, 4.69) is 29.6 Å². The molecule has 2 aromatic carbocycles. The number of nitrogens with zero attached hydrogens (tertiary/aromatic N) is 1. The van der Waals surface area contributed by atoms with Crippen molar-refractivity contribution in [3.8, 4) is 11.1 Å². The third-order valence-corrected chi connectivity index (χ3v) is 7.42. The van der Waals surface area contributed by atoms with Gasteiger partial charge in [0.1, 0.15) is 13.2 Å². The Bertz CT molecular complexity index is 1030. The van der Waals surface area contributed by atoms with Crippen LogP contribution in [0.5, 0.6) is 0 Å². The minimum Gasteiger partial charge on any atom is -0.480 e. The molecule has 1 fully saturated rings. The monoisotopic (exact) mass is 478 g/mol. The molecule has 2 aliphatic rings. The van der Waals surface area contributed by atoms with Crippen LogP contribution in [0.1, 0.15) is 62.5 Å². The molecule has 2 N–H and O–H groups in total. The lowest BCUT2D eigenvalue weighted by Crippen LogP contribution is -2.51. The summed E-state index contributed by atoms with van der Waals surface area (Å²) in [5.41, 5.74) is 3.82. The van der Waals surface area contributed by atoms with Gasteiger partial charge in [-0.3, -0.25) is 9.59 Å². The summed E-state index contributed by atoms with van der Waals surface area (Å²) in [6.45, 7) is 2.13. The molecule has 0 spiro atoms. The van der Waals surface area contributed by atoms with Gasteiger partial charge in [-0.05, 0) is 42.0 Å². The van der Waals surface area contributed by atoms with E-state index >= 15 is 0 Å². The number of alkyl carbamates (subject to hydrolysis) is 1. The quantitative estimate of drug-likeness (QED) is 0.532. The highest BCUT2D eigenvalue weighted by Gasteiger charge is 2.42. The molecule has 0 heterocycles. The largest absolute Gasteiger partial charge is 0.480 e. The second kappa shape index (κ2) is 10.9. The molecule has 0 saturated heterocycles. The first-order valence-corrected chi connectivity index (χ1v) is 12.6. The summed E-state index contributed by atoms with van der Waals surface area (Å²) in [4.78, 5) is 38.9. The van der Waals surface area contributed by atoms with E-state index < -0.39 is 17.5 Å². The summed E-state index contributed by atoms with van der Waals surface area (Å²) < 4.78 is 5.67. The summed E-state index contributed by atoms with van der Waals surface area (Å²) in [5.74, 6) is -1.26. The second-order valence-corrected chi connectivity index (χ2v) is 9.59. The minimum absolute atomic E-state index is 0.0345. The predicted molar refractivity (Wildman–Crippen MR) is 133 cm³/mol. The van der Waals surface area contributed by atoms with Crippen molar-refractivity contribution in [1.29, 1.82) is 0 Å². The van der Waals surface area contributed by atoms with Crippen molar-refractivity contribution in [2.45, 2.75) is 51.4 Å². The molecule has 0 unspecified atom stereocenters. The van der Waals surface area contributed by atoms with Crippen LogP contribution in [0.3, 0.4) is 0 Å². The average Bonchev–Trinajstić information content (AvgIpc) is 3.00. The Morgan fingerprint density at radius 1 is 0.971 bits per heavy atom. The molecule has 35 heavy (non-hydrogen) atoms. The molecule has 7 heteroatoms. The van der Waals surface area contributed by atoms with Gasteiger partial charge < -0.3 is 20.1 Å². The number of carboxylic acid groups (broad SMARTS) is 1. The van der Waals surface area contributed by atoms with E-state index in [4.69, 9.17) is 4.74 Å². The maximum atomic E-state index is 13.5. The van der Waals surface area contributed by atoms with Crippen LogP contribution in [-0.2, 0) is 14.3 Å². The SMILES string of the molecule is CCN(CC(=O)O)C(=O)C1(CNC(=O)OCC2c3ccccc3-c3ccccc32)CCCCCC1. The van der Waals surface area contributed by atoms with Gasteiger partial charge in [-0.15, -0.1) is 0 Å². The van der Waals surface area contributed by atoms with Crippen LogP contribution in [0, 0.1) is 5.41 Å². The van der Waals surface area contributed by atoms with Gasteiger partial charge in [0, 0.05) is 19.0 Å². The lowest BCUT2D eigenvalue weighted by Gasteiger charge is -2.36. The van der Waals surface area contributed by atoms with E-state index in [-0.39, 0.29) is 31.5 Å². The van der Waals surface area contributed by atoms with Crippen molar-refractivity contribution in [1.82, 2.24) is 10.2 Å². The van der Waals surface area contributed by atoms with Crippen LogP contribution < -0.4 is 5.32 Å². The molecule has 2 aliphatic carbocycles. The zero-order valence-corrected chi connectivity index (χ0v) is 20.3. The summed E-state index contributed by atoms with van der Waals surface area (Å²) in [6, 6.07) is 16.3. The molecule has 0 aromatic heterocycles. The van der Waals surface area contributed by atoms with Crippen LogP contribution in [0.15, 0.2) is 48.5 Å². The van der Waals surface area contributed by atoms with Gasteiger partial charge in [-0.1, -0.05) is 74.2 Å². The number of rotatable bonds is 8. The van der Waals surface area contributed by atoms with Crippen molar-refractivity contribution in [2.24, 2.45) is 5.41 Å². The van der Waals surface area contributed by atoms with Gasteiger partial charge in [-0.2, -0.15) is 0 Å². The second-order valence-electron chi connectivity index (χ2n) is 9.59. The van der Waals surface area contributed by atoms with Crippen LogP contribution in [0.4, 0.5) is 4.79 Å². The van der Waals surface area contributed by atoms with E-state index in [9.17, 15) is 19.5 Å². The number of amides is 2. The first-order chi connectivity index (χ1) is 16.9.